The minimum absolute atomic E-state index is 0.221. The summed E-state index contributed by atoms with van der Waals surface area (Å²) in [5.74, 6) is -0.103. The molecule has 0 fully saturated rings. The van der Waals surface area contributed by atoms with Crippen LogP contribution in [0.4, 0.5) is 0 Å². The Morgan fingerprint density at radius 1 is 1.39 bits per heavy atom. The van der Waals surface area contributed by atoms with Crippen molar-refractivity contribution < 1.29 is 9.53 Å². The number of hydrogen-bond donors (Lipinski definition) is 0. The molecule has 1 aromatic rings. The van der Waals surface area contributed by atoms with E-state index >= 15 is 0 Å². The van der Waals surface area contributed by atoms with Gasteiger partial charge in [0.15, 0.2) is 0 Å². The van der Waals surface area contributed by atoms with Crippen molar-refractivity contribution >= 4 is 17.7 Å². The summed E-state index contributed by atoms with van der Waals surface area (Å²) < 4.78 is 5.51. The summed E-state index contributed by atoms with van der Waals surface area (Å²) in [5, 5.41) is 0. The molecule has 0 saturated carbocycles. The first-order valence-corrected chi connectivity index (χ1v) is 7.18. The van der Waals surface area contributed by atoms with Gasteiger partial charge in [-0.2, -0.15) is 0 Å². The molecule has 0 aliphatic carbocycles. The van der Waals surface area contributed by atoms with Crippen molar-refractivity contribution in [1.29, 1.82) is 0 Å². The van der Waals surface area contributed by atoms with E-state index in [-0.39, 0.29) is 18.0 Å². The molecule has 1 atom stereocenters. The van der Waals surface area contributed by atoms with Gasteiger partial charge in [0.25, 0.3) is 0 Å². The highest BCUT2D eigenvalue weighted by molar-refractivity contribution is 7.98. The molecule has 0 radical (unpaired) electrons. The molecule has 3 heteroatoms. The normalized spacial score (nSPS) is 12.3. The molecule has 1 rings (SSSR count). The molecular weight excluding hydrogens is 244 g/mol. The van der Waals surface area contributed by atoms with Crippen molar-refractivity contribution in [3.63, 3.8) is 0 Å². The summed E-state index contributed by atoms with van der Waals surface area (Å²) in [6.07, 6.45) is 1.81. The molecule has 0 N–H and O–H groups in total. The standard InChI is InChI=1S/C15H20O2S/c1-10(2)14(17-15(16)11(3)4)12-7-6-8-13(9-12)18-5/h6-10,14H,3H2,1-2,4-5H3. The number of carbonyl (C=O) groups excluding carboxylic acids is 1. The third-order valence-electron chi connectivity index (χ3n) is 2.61. The lowest BCUT2D eigenvalue weighted by atomic mass is 9.99. The van der Waals surface area contributed by atoms with Crippen molar-refractivity contribution in [1.82, 2.24) is 0 Å². The van der Waals surface area contributed by atoms with Crippen LogP contribution in [-0.4, -0.2) is 12.2 Å². The van der Waals surface area contributed by atoms with Gasteiger partial charge in [-0.3, -0.25) is 0 Å². The summed E-state index contributed by atoms with van der Waals surface area (Å²) in [5.41, 5.74) is 1.47. The third kappa shape index (κ3) is 3.91. The van der Waals surface area contributed by atoms with Crippen LogP contribution in [0.25, 0.3) is 0 Å². The number of hydrogen-bond acceptors (Lipinski definition) is 3. The van der Waals surface area contributed by atoms with Crippen LogP contribution in [-0.2, 0) is 9.53 Å². The highest BCUT2D eigenvalue weighted by atomic mass is 32.2. The first kappa shape index (κ1) is 14.8. The molecule has 1 aromatic carbocycles. The van der Waals surface area contributed by atoms with Crippen LogP contribution in [0.5, 0.6) is 0 Å². The zero-order valence-corrected chi connectivity index (χ0v) is 12.2. The highest BCUT2D eigenvalue weighted by Crippen LogP contribution is 2.29. The maximum atomic E-state index is 11.7. The lowest BCUT2D eigenvalue weighted by Crippen LogP contribution is -2.16. The fraction of sp³-hybridized carbons (Fsp3) is 0.400. The van der Waals surface area contributed by atoms with Crippen LogP contribution < -0.4 is 0 Å². The molecule has 2 nitrogen and oxygen atoms in total. The maximum Gasteiger partial charge on any atom is 0.333 e. The summed E-state index contributed by atoms with van der Waals surface area (Å²) in [6.45, 7) is 9.37. The van der Waals surface area contributed by atoms with Gasteiger partial charge in [-0.1, -0.05) is 32.6 Å². The topological polar surface area (TPSA) is 26.3 Å². The van der Waals surface area contributed by atoms with Gasteiger partial charge in [-0.25, -0.2) is 4.79 Å². The molecule has 0 aromatic heterocycles. The Balaban J connectivity index is 2.97. The van der Waals surface area contributed by atoms with E-state index in [1.807, 2.05) is 38.3 Å². The SMILES string of the molecule is C=C(C)C(=O)OC(c1cccc(SC)c1)C(C)C. The summed E-state index contributed by atoms with van der Waals surface area (Å²) in [6, 6.07) is 8.11. The van der Waals surface area contributed by atoms with Gasteiger partial charge in [0.1, 0.15) is 6.10 Å². The van der Waals surface area contributed by atoms with Crippen LogP contribution in [0.2, 0.25) is 0 Å². The van der Waals surface area contributed by atoms with Crippen molar-refractivity contribution in [2.75, 3.05) is 6.26 Å². The lowest BCUT2D eigenvalue weighted by molar-refractivity contribution is -0.146. The van der Waals surface area contributed by atoms with Gasteiger partial charge in [0.05, 0.1) is 0 Å². The smallest absolute Gasteiger partial charge is 0.333 e. The van der Waals surface area contributed by atoms with Crippen LogP contribution in [0.1, 0.15) is 32.4 Å². The number of thioether (sulfide) groups is 1. The summed E-state index contributed by atoms with van der Waals surface area (Å²) in [7, 11) is 0. The van der Waals surface area contributed by atoms with Crippen molar-refractivity contribution in [2.24, 2.45) is 5.92 Å². The second-order valence-electron chi connectivity index (χ2n) is 4.63. The summed E-state index contributed by atoms with van der Waals surface area (Å²) in [4.78, 5) is 12.8. The van der Waals surface area contributed by atoms with E-state index in [2.05, 4.69) is 12.6 Å². The van der Waals surface area contributed by atoms with E-state index < -0.39 is 0 Å². The molecule has 0 saturated heterocycles. The molecule has 0 heterocycles. The molecule has 0 spiro atoms. The number of benzene rings is 1. The predicted molar refractivity (Wildman–Crippen MR) is 76.7 cm³/mol. The van der Waals surface area contributed by atoms with E-state index in [0.29, 0.717) is 5.57 Å². The number of rotatable bonds is 5. The fourth-order valence-corrected chi connectivity index (χ4v) is 2.09. The minimum atomic E-state index is -0.330. The van der Waals surface area contributed by atoms with Gasteiger partial charge >= 0.3 is 5.97 Å². The zero-order valence-electron chi connectivity index (χ0n) is 11.4. The summed E-state index contributed by atoms with van der Waals surface area (Å²) >= 11 is 1.68. The molecule has 0 bridgehead atoms. The first-order valence-electron chi connectivity index (χ1n) is 5.96. The Morgan fingerprint density at radius 3 is 2.56 bits per heavy atom. The molecule has 0 aliphatic rings. The Labute approximate surface area is 113 Å². The van der Waals surface area contributed by atoms with Gasteiger partial charge in [-0.05, 0) is 36.8 Å². The fourth-order valence-electron chi connectivity index (χ4n) is 1.62. The predicted octanol–water partition coefficient (Wildman–Crippen LogP) is 4.22. The average Bonchev–Trinajstić information content (AvgIpc) is 2.35. The monoisotopic (exact) mass is 264 g/mol. The Hall–Kier alpha value is -1.22. The van der Waals surface area contributed by atoms with Gasteiger partial charge in [-0.15, -0.1) is 11.8 Å². The van der Waals surface area contributed by atoms with E-state index in [0.717, 1.165) is 5.56 Å². The van der Waals surface area contributed by atoms with Crippen molar-refractivity contribution in [2.45, 2.75) is 31.8 Å². The molecule has 1 unspecified atom stereocenters. The number of ether oxygens (including phenoxy) is 1. The highest BCUT2D eigenvalue weighted by Gasteiger charge is 2.21. The first-order chi connectivity index (χ1) is 8.45. The van der Waals surface area contributed by atoms with E-state index in [1.54, 1.807) is 18.7 Å². The molecular formula is C15H20O2S. The molecule has 98 valence electrons. The van der Waals surface area contributed by atoms with Crippen LogP contribution >= 0.6 is 11.8 Å². The molecule has 0 aliphatic heterocycles. The van der Waals surface area contributed by atoms with E-state index in [4.69, 9.17) is 4.74 Å². The zero-order chi connectivity index (χ0) is 13.7. The average molecular weight is 264 g/mol. The van der Waals surface area contributed by atoms with Crippen LogP contribution in [0, 0.1) is 5.92 Å². The van der Waals surface area contributed by atoms with Gasteiger partial charge in [0.2, 0.25) is 0 Å². The maximum absolute atomic E-state index is 11.7. The minimum Gasteiger partial charge on any atom is -0.454 e. The third-order valence-corrected chi connectivity index (χ3v) is 3.34. The number of carbonyl (C=O) groups is 1. The van der Waals surface area contributed by atoms with Crippen LogP contribution in [0.15, 0.2) is 41.3 Å². The quantitative estimate of drug-likeness (QED) is 0.452. The number of esters is 1. The Kier molecular flexibility index (Phi) is 5.48. The van der Waals surface area contributed by atoms with Crippen LogP contribution in [0.3, 0.4) is 0 Å². The lowest BCUT2D eigenvalue weighted by Gasteiger charge is -2.22. The second kappa shape index (κ2) is 6.64. The molecule has 18 heavy (non-hydrogen) atoms. The Bertz CT molecular complexity index is 438. The van der Waals surface area contributed by atoms with Gasteiger partial charge in [0, 0.05) is 10.5 Å². The van der Waals surface area contributed by atoms with Gasteiger partial charge < -0.3 is 4.74 Å². The van der Waals surface area contributed by atoms with Crippen molar-refractivity contribution in [3.8, 4) is 0 Å². The van der Waals surface area contributed by atoms with Crippen molar-refractivity contribution in [3.05, 3.63) is 42.0 Å². The molecule has 0 amide bonds. The largest absolute Gasteiger partial charge is 0.454 e. The second-order valence-corrected chi connectivity index (χ2v) is 5.51. The van der Waals surface area contributed by atoms with E-state index in [9.17, 15) is 4.79 Å². The Morgan fingerprint density at radius 2 is 2.06 bits per heavy atom. The van der Waals surface area contributed by atoms with E-state index in [1.165, 1.54) is 4.90 Å².